The summed E-state index contributed by atoms with van der Waals surface area (Å²) in [4.78, 5) is 9.71. The molecular weight excluding hydrogens is 556 g/mol. The quantitative estimate of drug-likeness (QED) is 0.192. The fraction of sp³-hybridized carbons (Fsp3) is 0. The van der Waals surface area contributed by atoms with Gasteiger partial charge in [-0.1, -0.05) is 152 Å². The molecule has 0 atom stereocenters. The number of benzene rings is 8. The topological polar surface area (TPSA) is 25.8 Å². The highest BCUT2D eigenvalue weighted by molar-refractivity contribution is 6.25. The Morgan fingerprint density at radius 2 is 0.783 bits per heavy atom. The summed E-state index contributed by atoms with van der Waals surface area (Å²) >= 11 is 0. The average Bonchev–Trinajstić information content (AvgIpc) is 3.14. The molecule has 0 N–H and O–H groups in total. The molecule has 9 aromatic rings. The molecular formula is C44H28N2. The van der Waals surface area contributed by atoms with Gasteiger partial charge in [0, 0.05) is 23.5 Å². The molecule has 2 heteroatoms. The summed E-state index contributed by atoms with van der Waals surface area (Å²) in [5, 5.41) is 9.82. The van der Waals surface area contributed by atoms with Gasteiger partial charge in [0.05, 0.1) is 0 Å². The highest BCUT2D eigenvalue weighted by atomic mass is 14.9. The predicted molar refractivity (Wildman–Crippen MR) is 194 cm³/mol. The molecule has 0 unspecified atom stereocenters. The van der Waals surface area contributed by atoms with Crippen molar-refractivity contribution in [2.24, 2.45) is 0 Å². The van der Waals surface area contributed by atoms with E-state index in [9.17, 15) is 0 Å². The van der Waals surface area contributed by atoms with Crippen LogP contribution in [0.5, 0.6) is 0 Å². The maximum absolute atomic E-state index is 4.86. The second kappa shape index (κ2) is 10.8. The zero-order valence-corrected chi connectivity index (χ0v) is 25.1. The van der Waals surface area contributed by atoms with Crippen molar-refractivity contribution < 1.29 is 0 Å². The number of nitrogens with zero attached hydrogens (tertiary/aromatic N) is 2. The number of rotatable bonds is 4. The molecule has 0 spiro atoms. The second-order valence-corrected chi connectivity index (χ2v) is 11.8. The third-order valence-electron chi connectivity index (χ3n) is 9.16. The van der Waals surface area contributed by atoms with Gasteiger partial charge in [0.2, 0.25) is 0 Å². The molecule has 1 heterocycles. The zero-order valence-electron chi connectivity index (χ0n) is 25.1. The summed E-state index contributed by atoms with van der Waals surface area (Å²) in [5.41, 5.74) is 8.05. The van der Waals surface area contributed by atoms with Crippen LogP contribution in [0.4, 0.5) is 0 Å². The van der Waals surface area contributed by atoms with Gasteiger partial charge in [-0.15, -0.1) is 0 Å². The van der Waals surface area contributed by atoms with Gasteiger partial charge >= 0.3 is 0 Å². The molecule has 0 saturated carbocycles. The Balaban J connectivity index is 1.38. The van der Waals surface area contributed by atoms with Crippen LogP contribution in [-0.2, 0) is 0 Å². The van der Waals surface area contributed by atoms with Gasteiger partial charge in [0.25, 0.3) is 0 Å². The van der Waals surface area contributed by atoms with Crippen LogP contribution >= 0.6 is 0 Å². The number of aromatic nitrogens is 2. The van der Waals surface area contributed by atoms with Gasteiger partial charge in [0.15, 0.2) is 5.82 Å². The van der Waals surface area contributed by atoms with Crippen molar-refractivity contribution in [3.05, 3.63) is 170 Å². The standard InChI is InChI=1S/C44H28N2/c1-2-12-29(13-3-1)33-27-45-44(46-28-33)32-24-25-40-41(26-32)43(37-23-11-17-31-15-5-7-19-35(31)37)39-21-9-8-20-38(39)42(40)36-22-10-16-30-14-4-6-18-34(30)36/h1-28H. The monoisotopic (exact) mass is 584 g/mol. The van der Waals surface area contributed by atoms with E-state index in [2.05, 4.69) is 140 Å². The van der Waals surface area contributed by atoms with Crippen molar-refractivity contribution >= 4 is 43.1 Å². The first kappa shape index (κ1) is 26.3. The Hall–Kier alpha value is -6.12. The predicted octanol–water partition coefficient (Wildman–Crippen LogP) is 11.8. The van der Waals surface area contributed by atoms with Crippen molar-refractivity contribution in [3.8, 4) is 44.8 Å². The minimum atomic E-state index is 0.713. The second-order valence-electron chi connectivity index (χ2n) is 11.8. The molecule has 0 bridgehead atoms. The van der Waals surface area contributed by atoms with Crippen molar-refractivity contribution in [2.45, 2.75) is 0 Å². The lowest BCUT2D eigenvalue weighted by Crippen LogP contribution is -1.94. The largest absolute Gasteiger partial charge is 0.236 e. The third-order valence-corrected chi connectivity index (χ3v) is 9.16. The van der Waals surface area contributed by atoms with Gasteiger partial charge in [-0.3, -0.25) is 0 Å². The first-order valence-electron chi connectivity index (χ1n) is 15.7. The van der Waals surface area contributed by atoms with Gasteiger partial charge in [0.1, 0.15) is 0 Å². The van der Waals surface area contributed by atoms with Crippen LogP contribution in [0.1, 0.15) is 0 Å². The van der Waals surface area contributed by atoms with E-state index in [4.69, 9.17) is 9.97 Å². The van der Waals surface area contributed by atoms with Gasteiger partial charge in [-0.05, 0) is 77.0 Å². The van der Waals surface area contributed by atoms with Crippen LogP contribution < -0.4 is 0 Å². The third kappa shape index (κ3) is 4.27. The van der Waals surface area contributed by atoms with Crippen molar-refractivity contribution in [2.75, 3.05) is 0 Å². The first-order valence-corrected chi connectivity index (χ1v) is 15.7. The van der Waals surface area contributed by atoms with Crippen LogP contribution in [0.3, 0.4) is 0 Å². The molecule has 0 fully saturated rings. The van der Waals surface area contributed by atoms with E-state index >= 15 is 0 Å². The van der Waals surface area contributed by atoms with Gasteiger partial charge in [-0.2, -0.15) is 0 Å². The number of fused-ring (bicyclic) bond motifs is 4. The average molecular weight is 585 g/mol. The summed E-state index contributed by atoms with van der Waals surface area (Å²) in [5.74, 6) is 0.713. The van der Waals surface area contributed by atoms with E-state index in [1.165, 1.54) is 65.3 Å². The molecule has 214 valence electrons. The maximum Gasteiger partial charge on any atom is 0.159 e. The summed E-state index contributed by atoms with van der Waals surface area (Å²) in [7, 11) is 0. The van der Waals surface area contributed by atoms with Crippen LogP contribution in [0.15, 0.2) is 170 Å². The molecule has 2 nitrogen and oxygen atoms in total. The Morgan fingerprint density at radius 1 is 0.304 bits per heavy atom. The summed E-state index contributed by atoms with van der Waals surface area (Å²) in [6.07, 6.45) is 3.85. The van der Waals surface area contributed by atoms with E-state index in [0.29, 0.717) is 5.82 Å². The summed E-state index contributed by atoms with van der Waals surface area (Å²) in [6.45, 7) is 0. The molecule has 0 aliphatic heterocycles. The highest BCUT2D eigenvalue weighted by Crippen LogP contribution is 2.47. The maximum atomic E-state index is 4.86. The molecule has 9 rings (SSSR count). The van der Waals surface area contributed by atoms with Crippen molar-refractivity contribution in [1.82, 2.24) is 9.97 Å². The molecule has 1 aromatic heterocycles. The Labute approximate surface area is 267 Å². The van der Waals surface area contributed by atoms with Crippen LogP contribution in [0.2, 0.25) is 0 Å². The van der Waals surface area contributed by atoms with Crippen LogP contribution in [-0.4, -0.2) is 9.97 Å². The lowest BCUT2D eigenvalue weighted by atomic mass is 9.83. The molecule has 0 aliphatic carbocycles. The molecule has 0 radical (unpaired) electrons. The smallest absolute Gasteiger partial charge is 0.159 e. The fourth-order valence-corrected chi connectivity index (χ4v) is 7.04. The van der Waals surface area contributed by atoms with E-state index in [1.54, 1.807) is 0 Å². The SMILES string of the molecule is c1ccc(-c2cnc(-c3ccc4c(-c5cccc6ccccc56)c5ccccc5c(-c5cccc6ccccc56)c4c3)nc2)cc1. The van der Waals surface area contributed by atoms with Gasteiger partial charge in [-0.25, -0.2) is 9.97 Å². The number of hydrogen-bond acceptors (Lipinski definition) is 2. The van der Waals surface area contributed by atoms with E-state index in [1.807, 2.05) is 30.6 Å². The normalized spacial score (nSPS) is 11.5. The molecule has 8 aromatic carbocycles. The zero-order chi connectivity index (χ0) is 30.5. The van der Waals surface area contributed by atoms with Crippen molar-refractivity contribution in [3.63, 3.8) is 0 Å². The molecule has 46 heavy (non-hydrogen) atoms. The highest BCUT2D eigenvalue weighted by Gasteiger charge is 2.20. The van der Waals surface area contributed by atoms with Crippen molar-refractivity contribution in [1.29, 1.82) is 0 Å². The van der Waals surface area contributed by atoms with E-state index < -0.39 is 0 Å². The Morgan fingerprint density at radius 3 is 1.39 bits per heavy atom. The molecule has 0 aliphatic rings. The van der Waals surface area contributed by atoms with E-state index in [0.717, 1.165) is 16.7 Å². The lowest BCUT2D eigenvalue weighted by Gasteiger charge is -2.20. The summed E-state index contributed by atoms with van der Waals surface area (Å²) < 4.78 is 0. The first-order chi connectivity index (χ1) is 22.8. The Kier molecular flexibility index (Phi) is 6.17. The molecule has 0 saturated heterocycles. The fourth-order valence-electron chi connectivity index (χ4n) is 7.04. The van der Waals surface area contributed by atoms with E-state index in [-0.39, 0.29) is 0 Å². The van der Waals surface area contributed by atoms with Crippen LogP contribution in [0, 0.1) is 0 Å². The minimum absolute atomic E-state index is 0.713. The summed E-state index contributed by atoms with van der Waals surface area (Å²) in [6, 6.07) is 56.5. The Bertz CT molecular complexity index is 2560. The van der Waals surface area contributed by atoms with Gasteiger partial charge < -0.3 is 0 Å². The van der Waals surface area contributed by atoms with Crippen LogP contribution in [0.25, 0.3) is 87.9 Å². The minimum Gasteiger partial charge on any atom is -0.236 e. The number of hydrogen-bond donors (Lipinski definition) is 0. The molecule has 0 amide bonds. The lowest BCUT2D eigenvalue weighted by molar-refractivity contribution is 1.18.